The third-order valence-corrected chi connectivity index (χ3v) is 9.15. The molecule has 7 heteroatoms. The molecule has 3 aliphatic carbocycles. The molecule has 4 aliphatic rings. The van der Waals surface area contributed by atoms with E-state index in [0.29, 0.717) is 18.5 Å². The van der Waals surface area contributed by atoms with Crippen molar-refractivity contribution in [1.29, 1.82) is 0 Å². The zero-order valence-electron chi connectivity index (χ0n) is 20.8. The lowest BCUT2D eigenvalue weighted by Crippen LogP contribution is -2.68. The highest BCUT2D eigenvalue weighted by atomic mass is 79.9. The maximum absolute atomic E-state index is 13.7. The maximum atomic E-state index is 13.7. The van der Waals surface area contributed by atoms with Crippen molar-refractivity contribution in [3.05, 3.63) is 33.8 Å². The number of quaternary nitrogens is 1. The number of likely N-dealkylation sites (tertiary alicyclic amines) is 1. The zero-order valence-corrected chi connectivity index (χ0v) is 22.4. The van der Waals surface area contributed by atoms with Crippen LogP contribution < -0.4 is 16.4 Å². The van der Waals surface area contributed by atoms with Gasteiger partial charge in [0.1, 0.15) is 6.04 Å². The van der Waals surface area contributed by atoms with Crippen molar-refractivity contribution < 1.29 is 15.3 Å². The zero-order chi connectivity index (χ0) is 24.3. The van der Waals surface area contributed by atoms with Crippen LogP contribution in [0.1, 0.15) is 70.4 Å². The molecule has 2 amide bonds. The predicted octanol–water partition coefficient (Wildman–Crippen LogP) is 2.54. The summed E-state index contributed by atoms with van der Waals surface area (Å²) in [5.74, 6) is 0.787. The standard InChI is InChI=1S/C27H39BrN4O2/c1-26(2,3)23(30-15-20(29)16-6-7-16)25(34)32-12-4-5-21(32)24(33)31-22-14-27(22)11-10-17-13-18(28)8-9-19(17)27/h8-9,13,16,20-23,30H,4-7,10-12,14-15,29H2,1-3H3,(H,31,33)/p+1/t20?,21-,22?,23+,27?/m0/s1. The van der Waals surface area contributed by atoms with E-state index in [-0.39, 0.29) is 40.8 Å². The van der Waals surface area contributed by atoms with E-state index in [1.165, 1.54) is 24.0 Å². The fourth-order valence-corrected chi connectivity index (χ4v) is 6.73. The number of halogens is 1. The van der Waals surface area contributed by atoms with Gasteiger partial charge in [-0.25, -0.2) is 0 Å². The normalized spacial score (nSPS) is 29.7. The maximum Gasteiger partial charge on any atom is 0.243 e. The lowest BCUT2D eigenvalue weighted by Gasteiger charge is -2.36. The molecule has 5 rings (SSSR count). The van der Waals surface area contributed by atoms with Gasteiger partial charge in [-0.15, -0.1) is 0 Å². The number of carbonyl (C=O) groups is 2. The number of carbonyl (C=O) groups excluding carboxylic acids is 2. The Balaban J connectivity index is 1.23. The third kappa shape index (κ3) is 4.56. The number of benzene rings is 1. The average Bonchev–Trinajstić information content (AvgIpc) is 3.64. The molecular formula is C27H40BrN4O2+. The number of hydrogen-bond donors (Lipinski definition) is 3. The van der Waals surface area contributed by atoms with Gasteiger partial charge in [0.2, 0.25) is 11.8 Å². The minimum absolute atomic E-state index is 0.0268. The summed E-state index contributed by atoms with van der Waals surface area (Å²) in [5, 5.41) is 6.88. The third-order valence-electron chi connectivity index (χ3n) is 8.66. The lowest BCUT2D eigenvalue weighted by atomic mass is 9.85. The van der Waals surface area contributed by atoms with Crippen LogP contribution in [0, 0.1) is 11.3 Å². The number of hydrogen-bond acceptors (Lipinski definition) is 3. The molecule has 3 fully saturated rings. The van der Waals surface area contributed by atoms with Gasteiger partial charge in [0.05, 0.1) is 12.1 Å². The molecule has 6 nitrogen and oxygen atoms in total. The van der Waals surface area contributed by atoms with E-state index in [1.54, 1.807) is 0 Å². The van der Waals surface area contributed by atoms with E-state index in [9.17, 15) is 9.59 Å². The molecule has 5 atom stereocenters. The van der Waals surface area contributed by atoms with E-state index in [2.05, 4.69) is 71.3 Å². The topological polar surface area (TPSA) is 89.1 Å². The molecule has 3 unspecified atom stereocenters. The van der Waals surface area contributed by atoms with Gasteiger partial charge in [0.15, 0.2) is 0 Å². The van der Waals surface area contributed by atoms with Gasteiger partial charge >= 0.3 is 0 Å². The van der Waals surface area contributed by atoms with Crippen molar-refractivity contribution in [1.82, 2.24) is 15.5 Å². The van der Waals surface area contributed by atoms with Gasteiger partial charge in [-0.3, -0.25) is 14.9 Å². The Morgan fingerprint density at radius 3 is 2.74 bits per heavy atom. The van der Waals surface area contributed by atoms with Crippen LogP contribution in [0.5, 0.6) is 0 Å². The van der Waals surface area contributed by atoms with Crippen LogP contribution in [0.15, 0.2) is 22.7 Å². The molecule has 0 bridgehead atoms. The molecule has 1 spiro atoms. The number of amides is 2. The van der Waals surface area contributed by atoms with Crippen LogP contribution in [0.3, 0.4) is 0 Å². The summed E-state index contributed by atoms with van der Waals surface area (Å²) in [6.45, 7) is 7.73. The minimum atomic E-state index is -0.360. The Morgan fingerprint density at radius 1 is 1.26 bits per heavy atom. The molecule has 1 aromatic carbocycles. The highest BCUT2D eigenvalue weighted by Crippen LogP contribution is 2.57. The summed E-state index contributed by atoms with van der Waals surface area (Å²) >= 11 is 3.58. The SMILES string of the molecule is CC(C)(C)[C@H](NCC([NH3+])C1CC1)C(=O)N1CCC[C@H]1C(=O)NC1CC12CCc1cc(Br)ccc12. The quantitative estimate of drug-likeness (QED) is 0.505. The second kappa shape index (κ2) is 8.90. The van der Waals surface area contributed by atoms with E-state index in [0.717, 1.165) is 43.1 Å². The fraction of sp³-hybridized carbons (Fsp3) is 0.704. The van der Waals surface area contributed by atoms with Crippen LogP contribution in [0.25, 0.3) is 0 Å². The number of nitrogens with zero attached hydrogens (tertiary/aromatic N) is 1. The first-order valence-electron chi connectivity index (χ1n) is 13.1. The average molecular weight is 533 g/mol. The molecule has 5 N–H and O–H groups in total. The summed E-state index contributed by atoms with van der Waals surface area (Å²) in [6.07, 6.45) is 7.31. The molecule has 0 radical (unpaired) electrons. The Kier molecular flexibility index (Phi) is 6.35. The molecule has 1 aliphatic heterocycles. The summed E-state index contributed by atoms with van der Waals surface area (Å²) in [7, 11) is 0. The van der Waals surface area contributed by atoms with E-state index in [4.69, 9.17) is 0 Å². The van der Waals surface area contributed by atoms with E-state index < -0.39 is 0 Å². The fourth-order valence-electron chi connectivity index (χ4n) is 6.32. The number of fused-ring (bicyclic) bond motifs is 2. The predicted molar refractivity (Wildman–Crippen MR) is 136 cm³/mol. The minimum Gasteiger partial charge on any atom is -0.354 e. The first-order valence-corrected chi connectivity index (χ1v) is 13.9. The Hall–Kier alpha value is -1.44. The van der Waals surface area contributed by atoms with Gasteiger partial charge in [0.25, 0.3) is 0 Å². The summed E-state index contributed by atoms with van der Waals surface area (Å²) < 4.78 is 1.12. The van der Waals surface area contributed by atoms with Crippen molar-refractivity contribution in [3.63, 3.8) is 0 Å². The van der Waals surface area contributed by atoms with E-state index >= 15 is 0 Å². The van der Waals surface area contributed by atoms with Gasteiger partial charge in [-0.2, -0.15) is 0 Å². The Morgan fingerprint density at radius 2 is 2.03 bits per heavy atom. The molecule has 0 aromatic heterocycles. The van der Waals surface area contributed by atoms with Crippen LogP contribution in [-0.4, -0.2) is 54.0 Å². The second-order valence-corrected chi connectivity index (χ2v) is 13.1. The number of nitrogens with one attached hydrogen (secondary N) is 2. The smallest absolute Gasteiger partial charge is 0.243 e. The van der Waals surface area contributed by atoms with Gasteiger partial charge in [0, 0.05) is 34.9 Å². The van der Waals surface area contributed by atoms with Crippen LogP contribution >= 0.6 is 15.9 Å². The van der Waals surface area contributed by atoms with Crippen LogP contribution in [0.2, 0.25) is 0 Å². The lowest BCUT2D eigenvalue weighted by molar-refractivity contribution is -0.423. The second-order valence-electron chi connectivity index (χ2n) is 12.2. The van der Waals surface area contributed by atoms with Crippen molar-refractivity contribution in [2.45, 2.75) is 95.3 Å². The van der Waals surface area contributed by atoms with Crippen molar-refractivity contribution in [3.8, 4) is 0 Å². The van der Waals surface area contributed by atoms with Crippen molar-refractivity contribution >= 4 is 27.7 Å². The highest BCUT2D eigenvalue weighted by Gasteiger charge is 2.59. The molecule has 1 saturated heterocycles. The van der Waals surface area contributed by atoms with Crippen molar-refractivity contribution in [2.24, 2.45) is 11.3 Å². The van der Waals surface area contributed by atoms with Gasteiger partial charge in [-0.05, 0) is 73.6 Å². The van der Waals surface area contributed by atoms with Gasteiger partial charge < -0.3 is 16.0 Å². The summed E-state index contributed by atoms with van der Waals surface area (Å²) in [5.41, 5.74) is 6.96. The Labute approximate surface area is 211 Å². The number of aryl methyl sites for hydroxylation is 1. The summed E-state index contributed by atoms with van der Waals surface area (Å²) in [6, 6.07) is 6.41. The largest absolute Gasteiger partial charge is 0.354 e. The van der Waals surface area contributed by atoms with E-state index in [1.807, 2.05) is 4.90 Å². The monoisotopic (exact) mass is 531 g/mol. The molecule has 186 valence electrons. The van der Waals surface area contributed by atoms with Gasteiger partial charge in [-0.1, -0.05) is 42.8 Å². The molecular weight excluding hydrogens is 492 g/mol. The first-order chi connectivity index (χ1) is 16.1. The molecule has 1 aromatic rings. The van der Waals surface area contributed by atoms with Crippen molar-refractivity contribution in [2.75, 3.05) is 13.1 Å². The number of rotatable bonds is 7. The highest BCUT2D eigenvalue weighted by molar-refractivity contribution is 9.10. The molecule has 34 heavy (non-hydrogen) atoms. The van der Waals surface area contributed by atoms with Crippen LogP contribution in [-0.2, 0) is 21.4 Å². The summed E-state index contributed by atoms with van der Waals surface area (Å²) in [4.78, 5) is 29.0. The van der Waals surface area contributed by atoms with Crippen LogP contribution in [0.4, 0.5) is 0 Å². The first kappa shape index (κ1) is 24.3. The molecule has 2 saturated carbocycles. The molecule has 1 heterocycles. The Bertz CT molecular complexity index is 972.